The third-order valence-electron chi connectivity index (χ3n) is 4.40. The zero-order valence-corrected chi connectivity index (χ0v) is 17.3. The van der Waals surface area contributed by atoms with E-state index in [0.717, 1.165) is 17.2 Å². The maximum absolute atomic E-state index is 12.3. The molecule has 0 saturated heterocycles. The number of hydrogen-bond acceptors (Lipinski definition) is 8. The molecule has 0 unspecified atom stereocenters. The summed E-state index contributed by atoms with van der Waals surface area (Å²) in [7, 11) is 3.18. The Morgan fingerprint density at radius 2 is 1.90 bits per heavy atom. The second kappa shape index (κ2) is 8.29. The smallest absolute Gasteiger partial charge is 0.257 e. The number of ether oxygens (including phenoxy) is 2. The zero-order valence-electron chi connectivity index (χ0n) is 16.5. The number of methoxy groups -OCH3 is 2. The van der Waals surface area contributed by atoms with Gasteiger partial charge in [0.15, 0.2) is 11.5 Å². The Morgan fingerprint density at radius 1 is 1.10 bits per heavy atom. The van der Waals surface area contributed by atoms with Crippen LogP contribution in [0.25, 0.3) is 17.2 Å². The van der Waals surface area contributed by atoms with Crippen molar-refractivity contribution in [2.45, 2.75) is 6.92 Å². The number of benzene rings is 2. The Labute approximate surface area is 176 Å². The van der Waals surface area contributed by atoms with Crippen molar-refractivity contribution in [2.24, 2.45) is 0 Å². The van der Waals surface area contributed by atoms with Crippen molar-refractivity contribution >= 4 is 22.6 Å². The van der Waals surface area contributed by atoms with Crippen LogP contribution in [0.5, 0.6) is 11.5 Å². The highest BCUT2D eigenvalue weighted by Crippen LogP contribution is 2.30. The Bertz CT molecular complexity index is 1190. The predicted molar refractivity (Wildman–Crippen MR) is 112 cm³/mol. The fraction of sp³-hybridized carbons (Fsp3) is 0.150. The number of anilines is 1. The molecule has 10 heteroatoms. The van der Waals surface area contributed by atoms with Crippen LogP contribution >= 0.6 is 11.5 Å². The fourth-order valence-corrected chi connectivity index (χ4v) is 3.42. The third-order valence-corrected chi connectivity index (χ3v) is 5.03. The van der Waals surface area contributed by atoms with E-state index in [4.69, 9.17) is 9.47 Å². The molecule has 0 saturated carbocycles. The number of amides is 1. The summed E-state index contributed by atoms with van der Waals surface area (Å²) in [4.78, 5) is 16.7. The first-order chi connectivity index (χ1) is 14.6. The van der Waals surface area contributed by atoms with Crippen LogP contribution in [0.2, 0.25) is 0 Å². The van der Waals surface area contributed by atoms with E-state index in [9.17, 15) is 4.79 Å². The number of nitrogens with zero attached hydrogens (tertiary/aromatic N) is 5. The molecule has 0 aliphatic rings. The van der Waals surface area contributed by atoms with Gasteiger partial charge in [-0.15, -0.1) is 5.10 Å². The summed E-state index contributed by atoms with van der Waals surface area (Å²) in [6.07, 6.45) is 0. The highest BCUT2D eigenvalue weighted by atomic mass is 32.1. The molecule has 0 aliphatic carbocycles. The van der Waals surface area contributed by atoms with E-state index < -0.39 is 0 Å². The highest BCUT2D eigenvalue weighted by Gasteiger charge is 2.20. The largest absolute Gasteiger partial charge is 0.497 e. The number of hydrogen-bond donors (Lipinski definition) is 1. The lowest BCUT2D eigenvalue weighted by molar-refractivity contribution is 0.102. The van der Waals surface area contributed by atoms with Crippen LogP contribution in [0.1, 0.15) is 16.1 Å². The lowest BCUT2D eigenvalue weighted by Crippen LogP contribution is -2.11. The maximum Gasteiger partial charge on any atom is 0.257 e. The minimum atomic E-state index is -0.250. The quantitative estimate of drug-likeness (QED) is 0.508. The summed E-state index contributed by atoms with van der Waals surface area (Å²) in [5.41, 5.74) is 2.46. The molecule has 2 aromatic heterocycles. The molecular weight excluding hydrogens is 404 g/mol. The molecule has 1 N–H and O–H groups in total. The molecule has 0 radical (unpaired) electrons. The van der Waals surface area contributed by atoms with Gasteiger partial charge in [0, 0.05) is 23.2 Å². The van der Waals surface area contributed by atoms with Gasteiger partial charge in [-0.1, -0.05) is 23.4 Å². The van der Waals surface area contributed by atoms with Crippen molar-refractivity contribution < 1.29 is 14.3 Å². The van der Waals surface area contributed by atoms with Crippen LogP contribution in [-0.4, -0.2) is 44.5 Å². The Kier molecular flexibility index (Phi) is 5.40. The SMILES string of the molecule is COc1ccc(OC)c(-n2nnc(-c3nsc(NC(=O)c4ccccc4)n3)c2C)c1. The molecule has 0 fully saturated rings. The summed E-state index contributed by atoms with van der Waals surface area (Å²) in [6, 6.07) is 14.3. The van der Waals surface area contributed by atoms with E-state index in [-0.39, 0.29) is 5.91 Å². The number of nitrogens with one attached hydrogen (secondary N) is 1. The van der Waals surface area contributed by atoms with Crippen molar-refractivity contribution in [2.75, 3.05) is 19.5 Å². The first kappa shape index (κ1) is 19.5. The lowest BCUT2D eigenvalue weighted by Gasteiger charge is -2.11. The van der Waals surface area contributed by atoms with E-state index in [1.54, 1.807) is 55.3 Å². The summed E-state index contributed by atoms with van der Waals surface area (Å²) >= 11 is 1.08. The third kappa shape index (κ3) is 3.72. The van der Waals surface area contributed by atoms with Crippen LogP contribution in [0.15, 0.2) is 48.5 Å². The number of rotatable bonds is 6. The van der Waals surface area contributed by atoms with Gasteiger partial charge in [0.05, 0.1) is 19.9 Å². The van der Waals surface area contributed by atoms with Crippen molar-refractivity contribution in [3.63, 3.8) is 0 Å². The number of carbonyl (C=O) groups is 1. The molecule has 2 heterocycles. The van der Waals surface area contributed by atoms with E-state index in [2.05, 4.69) is 25.0 Å². The second-order valence-corrected chi connectivity index (χ2v) is 6.97. The van der Waals surface area contributed by atoms with Gasteiger partial charge in [-0.05, 0) is 31.2 Å². The van der Waals surface area contributed by atoms with Gasteiger partial charge in [-0.2, -0.15) is 9.36 Å². The van der Waals surface area contributed by atoms with Gasteiger partial charge < -0.3 is 9.47 Å². The van der Waals surface area contributed by atoms with E-state index in [1.165, 1.54) is 0 Å². The summed E-state index contributed by atoms with van der Waals surface area (Å²) in [5.74, 6) is 1.42. The molecule has 0 spiro atoms. The number of aromatic nitrogens is 5. The van der Waals surface area contributed by atoms with Gasteiger partial charge >= 0.3 is 0 Å². The Balaban J connectivity index is 1.62. The molecule has 1 amide bonds. The molecule has 2 aromatic carbocycles. The number of carbonyl (C=O) groups excluding carboxylic acids is 1. The average molecular weight is 422 g/mol. The molecule has 152 valence electrons. The van der Waals surface area contributed by atoms with Gasteiger partial charge in [-0.3, -0.25) is 10.1 Å². The highest BCUT2D eigenvalue weighted by molar-refractivity contribution is 7.10. The van der Waals surface area contributed by atoms with Crippen LogP contribution < -0.4 is 14.8 Å². The van der Waals surface area contributed by atoms with E-state index in [1.807, 2.05) is 19.1 Å². The second-order valence-electron chi connectivity index (χ2n) is 6.22. The first-order valence-corrected chi connectivity index (χ1v) is 9.73. The maximum atomic E-state index is 12.3. The zero-order chi connectivity index (χ0) is 21.1. The van der Waals surface area contributed by atoms with Gasteiger partial charge in [0.1, 0.15) is 17.2 Å². The van der Waals surface area contributed by atoms with Crippen LogP contribution in [-0.2, 0) is 0 Å². The lowest BCUT2D eigenvalue weighted by atomic mass is 10.2. The van der Waals surface area contributed by atoms with Gasteiger partial charge in [-0.25, -0.2) is 4.68 Å². The molecular formula is C20H18N6O3S. The van der Waals surface area contributed by atoms with E-state index >= 15 is 0 Å². The summed E-state index contributed by atoms with van der Waals surface area (Å²) < 4.78 is 16.7. The van der Waals surface area contributed by atoms with Crippen LogP contribution in [0.4, 0.5) is 5.13 Å². The minimum absolute atomic E-state index is 0.250. The molecule has 0 bridgehead atoms. The topological polar surface area (TPSA) is 104 Å². The monoisotopic (exact) mass is 422 g/mol. The Hall–Kier alpha value is -3.79. The molecule has 30 heavy (non-hydrogen) atoms. The van der Waals surface area contributed by atoms with Crippen molar-refractivity contribution in [3.8, 4) is 28.7 Å². The summed E-state index contributed by atoms with van der Waals surface area (Å²) in [6.45, 7) is 1.86. The Morgan fingerprint density at radius 3 is 2.63 bits per heavy atom. The van der Waals surface area contributed by atoms with E-state index in [0.29, 0.717) is 39.4 Å². The fourth-order valence-electron chi connectivity index (χ4n) is 2.86. The van der Waals surface area contributed by atoms with Crippen molar-refractivity contribution in [1.82, 2.24) is 24.4 Å². The average Bonchev–Trinajstić information content (AvgIpc) is 3.40. The first-order valence-electron chi connectivity index (χ1n) is 8.96. The molecule has 4 rings (SSSR count). The van der Waals surface area contributed by atoms with Crippen molar-refractivity contribution in [1.29, 1.82) is 0 Å². The van der Waals surface area contributed by atoms with Crippen molar-refractivity contribution in [3.05, 3.63) is 59.8 Å². The van der Waals surface area contributed by atoms with Gasteiger partial charge in [0.2, 0.25) is 5.13 Å². The van der Waals surface area contributed by atoms with Gasteiger partial charge in [0.25, 0.3) is 5.91 Å². The predicted octanol–water partition coefficient (Wildman–Crippen LogP) is 3.36. The molecule has 4 aromatic rings. The molecule has 9 nitrogen and oxygen atoms in total. The molecule has 0 aliphatic heterocycles. The van der Waals surface area contributed by atoms with Crippen LogP contribution in [0.3, 0.4) is 0 Å². The van der Waals surface area contributed by atoms with Crippen LogP contribution in [0, 0.1) is 6.92 Å². The minimum Gasteiger partial charge on any atom is -0.497 e. The normalized spacial score (nSPS) is 10.6. The molecule has 0 atom stereocenters. The standard InChI is InChI=1S/C20H18N6O3S/c1-12-17(23-25-26(12)15-11-14(28-2)9-10-16(15)29-3)18-21-20(30-24-18)22-19(27)13-7-5-4-6-8-13/h4-11H,1-3H3,(H,21,22,24,27). The summed E-state index contributed by atoms with van der Waals surface area (Å²) in [5, 5.41) is 11.6.